The highest BCUT2D eigenvalue weighted by Crippen LogP contribution is 2.05. The first-order chi connectivity index (χ1) is 5.83. The van der Waals surface area contributed by atoms with Crippen LogP contribution in [-0.2, 0) is 4.84 Å². The molecule has 0 N–H and O–H groups in total. The molecule has 0 aliphatic rings. The molecule has 1 heterocycles. The molecule has 62 valence electrons. The van der Waals surface area contributed by atoms with Crippen LogP contribution >= 0.6 is 11.3 Å². The molecule has 4 heteroatoms. The van der Waals surface area contributed by atoms with Crippen LogP contribution in [0, 0.1) is 19.3 Å². The zero-order valence-corrected chi connectivity index (χ0v) is 7.47. The Bertz CT molecular complexity index is 311. The highest BCUT2D eigenvalue weighted by Gasteiger charge is 1.92. The molecule has 1 rings (SSSR count). The summed E-state index contributed by atoms with van der Waals surface area (Å²) in [5.41, 5.74) is 0.985. The lowest BCUT2D eigenvalue weighted by molar-refractivity contribution is 0.181. The summed E-state index contributed by atoms with van der Waals surface area (Å²) in [6, 6.07) is 0. The van der Waals surface area contributed by atoms with Crippen molar-refractivity contribution in [3.63, 3.8) is 0 Å². The first-order valence-corrected chi connectivity index (χ1v) is 4.22. The third-order valence-electron chi connectivity index (χ3n) is 1.02. The van der Waals surface area contributed by atoms with Gasteiger partial charge in [0.1, 0.15) is 11.2 Å². The van der Waals surface area contributed by atoms with Crippen molar-refractivity contribution in [1.82, 2.24) is 4.98 Å². The van der Waals surface area contributed by atoms with Crippen molar-refractivity contribution >= 4 is 17.6 Å². The van der Waals surface area contributed by atoms with Crippen LogP contribution < -0.4 is 0 Å². The summed E-state index contributed by atoms with van der Waals surface area (Å²) in [6.45, 7) is 2.12. The Labute approximate surface area is 75.1 Å². The molecule has 1 aromatic rings. The van der Waals surface area contributed by atoms with Crippen molar-refractivity contribution in [3.8, 4) is 12.3 Å². The Morgan fingerprint density at radius 2 is 2.75 bits per heavy atom. The minimum absolute atomic E-state index is 0.195. The molecule has 0 unspecified atom stereocenters. The Morgan fingerprint density at radius 1 is 1.92 bits per heavy atom. The summed E-state index contributed by atoms with van der Waals surface area (Å²) in [5.74, 6) is 2.31. The summed E-state index contributed by atoms with van der Waals surface area (Å²) in [4.78, 5) is 8.84. The van der Waals surface area contributed by atoms with E-state index in [1.807, 2.05) is 12.3 Å². The second-order valence-corrected chi connectivity index (χ2v) is 2.93. The largest absolute Gasteiger partial charge is 0.383 e. The summed E-state index contributed by atoms with van der Waals surface area (Å²) in [5, 5.41) is 6.40. The number of terminal acetylenes is 1. The highest BCUT2D eigenvalue weighted by atomic mass is 32.1. The van der Waals surface area contributed by atoms with Gasteiger partial charge in [-0.15, -0.1) is 17.8 Å². The number of hydrogen-bond donors (Lipinski definition) is 0. The van der Waals surface area contributed by atoms with Gasteiger partial charge in [0.25, 0.3) is 0 Å². The average molecular weight is 180 g/mol. The van der Waals surface area contributed by atoms with Crippen molar-refractivity contribution in [2.24, 2.45) is 5.16 Å². The topological polar surface area (TPSA) is 34.5 Å². The Balaban J connectivity index is 2.42. The van der Waals surface area contributed by atoms with Crippen LogP contribution in [0.4, 0.5) is 0 Å². The van der Waals surface area contributed by atoms with Crippen LogP contribution in [0.2, 0.25) is 0 Å². The fourth-order valence-electron chi connectivity index (χ4n) is 0.588. The summed E-state index contributed by atoms with van der Waals surface area (Å²) in [7, 11) is 0. The van der Waals surface area contributed by atoms with Crippen molar-refractivity contribution in [2.45, 2.75) is 6.92 Å². The lowest BCUT2D eigenvalue weighted by atomic mass is 10.6. The van der Waals surface area contributed by atoms with Crippen LogP contribution in [-0.4, -0.2) is 17.8 Å². The fourth-order valence-corrected chi connectivity index (χ4v) is 1.23. The first kappa shape index (κ1) is 8.75. The van der Waals surface area contributed by atoms with E-state index in [0.29, 0.717) is 0 Å². The van der Waals surface area contributed by atoms with E-state index in [0.717, 1.165) is 10.7 Å². The molecule has 0 fully saturated rings. The monoisotopic (exact) mass is 180 g/mol. The SMILES string of the molecule is C#CCO/N=C/c1nc(C)cs1. The number of hydrogen-bond acceptors (Lipinski definition) is 4. The van der Waals surface area contributed by atoms with Crippen LogP contribution in [0.3, 0.4) is 0 Å². The van der Waals surface area contributed by atoms with Gasteiger partial charge in [-0.1, -0.05) is 11.1 Å². The normalized spacial score (nSPS) is 10.0. The zero-order chi connectivity index (χ0) is 8.81. The summed E-state index contributed by atoms with van der Waals surface area (Å²) in [6.07, 6.45) is 6.50. The lowest BCUT2D eigenvalue weighted by Gasteiger charge is -1.87. The van der Waals surface area contributed by atoms with Gasteiger partial charge >= 0.3 is 0 Å². The summed E-state index contributed by atoms with van der Waals surface area (Å²) >= 11 is 1.52. The maximum absolute atomic E-state index is 4.95. The molecule has 0 aromatic carbocycles. The third kappa shape index (κ3) is 2.72. The second kappa shape index (κ2) is 4.52. The fraction of sp³-hybridized carbons (Fsp3) is 0.250. The van der Waals surface area contributed by atoms with Gasteiger partial charge in [-0.25, -0.2) is 4.98 Å². The van der Waals surface area contributed by atoms with Gasteiger partial charge in [-0.3, -0.25) is 0 Å². The number of aryl methyl sites for hydroxylation is 1. The van der Waals surface area contributed by atoms with Gasteiger partial charge in [0, 0.05) is 11.1 Å². The van der Waals surface area contributed by atoms with E-state index in [1.54, 1.807) is 6.21 Å². The van der Waals surface area contributed by atoms with Gasteiger partial charge in [-0.2, -0.15) is 0 Å². The van der Waals surface area contributed by atoms with Gasteiger partial charge in [0.05, 0.1) is 0 Å². The molecule has 3 nitrogen and oxygen atoms in total. The maximum atomic E-state index is 4.95. The van der Waals surface area contributed by atoms with Gasteiger partial charge in [0.2, 0.25) is 0 Å². The molecule has 0 saturated carbocycles. The van der Waals surface area contributed by atoms with Gasteiger partial charge < -0.3 is 4.84 Å². The second-order valence-electron chi connectivity index (χ2n) is 2.04. The molecule has 0 aliphatic heterocycles. The lowest BCUT2D eigenvalue weighted by Crippen LogP contribution is -1.84. The number of rotatable bonds is 3. The Morgan fingerprint density at radius 3 is 3.33 bits per heavy atom. The molecule has 1 aromatic heterocycles. The van der Waals surface area contributed by atoms with Gasteiger partial charge in [0.15, 0.2) is 6.61 Å². The number of aromatic nitrogens is 1. The number of nitrogens with zero attached hydrogens (tertiary/aromatic N) is 2. The predicted molar refractivity (Wildman–Crippen MR) is 49.2 cm³/mol. The third-order valence-corrected chi connectivity index (χ3v) is 1.92. The van der Waals surface area contributed by atoms with E-state index in [2.05, 4.69) is 16.1 Å². The maximum Gasteiger partial charge on any atom is 0.177 e. The standard InChI is InChI=1S/C8H8N2OS/c1-3-4-11-9-5-8-10-7(2)6-12-8/h1,5-6H,4H2,2H3/b9-5+. The van der Waals surface area contributed by atoms with Crippen molar-refractivity contribution in [1.29, 1.82) is 0 Å². The minimum Gasteiger partial charge on any atom is -0.383 e. The summed E-state index contributed by atoms with van der Waals surface area (Å²) < 4.78 is 0. The predicted octanol–water partition coefficient (Wildman–Crippen LogP) is 1.44. The average Bonchev–Trinajstić information content (AvgIpc) is 2.45. The molecule has 0 radical (unpaired) electrons. The Hall–Kier alpha value is -1.34. The molecule has 12 heavy (non-hydrogen) atoms. The number of oxime groups is 1. The zero-order valence-electron chi connectivity index (χ0n) is 6.65. The smallest absolute Gasteiger partial charge is 0.177 e. The van der Waals surface area contributed by atoms with E-state index < -0.39 is 0 Å². The molecule has 0 atom stereocenters. The van der Waals surface area contributed by atoms with Crippen LogP contribution in [0.15, 0.2) is 10.5 Å². The van der Waals surface area contributed by atoms with E-state index >= 15 is 0 Å². The molecule has 0 spiro atoms. The van der Waals surface area contributed by atoms with E-state index in [9.17, 15) is 0 Å². The molecular weight excluding hydrogens is 172 g/mol. The van der Waals surface area contributed by atoms with Crippen molar-refractivity contribution in [2.75, 3.05) is 6.61 Å². The first-order valence-electron chi connectivity index (χ1n) is 3.34. The Kier molecular flexibility index (Phi) is 3.30. The van der Waals surface area contributed by atoms with Crippen molar-refractivity contribution < 1.29 is 4.84 Å². The quantitative estimate of drug-likeness (QED) is 0.305. The van der Waals surface area contributed by atoms with E-state index in [-0.39, 0.29) is 6.61 Å². The number of thiazole rings is 1. The van der Waals surface area contributed by atoms with Crippen molar-refractivity contribution in [3.05, 3.63) is 16.1 Å². The minimum atomic E-state index is 0.195. The molecule has 0 aliphatic carbocycles. The van der Waals surface area contributed by atoms with E-state index in [1.165, 1.54) is 11.3 Å². The highest BCUT2D eigenvalue weighted by molar-refractivity contribution is 7.11. The van der Waals surface area contributed by atoms with Crippen LogP contribution in [0.1, 0.15) is 10.7 Å². The van der Waals surface area contributed by atoms with Gasteiger partial charge in [-0.05, 0) is 6.92 Å². The molecule has 0 bridgehead atoms. The molecule has 0 saturated heterocycles. The molecular formula is C8H8N2OS. The van der Waals surface area contributed by atoms with E-state index in [4.69, 9.17) is 11.3 Å². The molecule has 0 amide bonds. The van der Waals surface area contributed by atoms with Crippen LogP contribution in [0.5, 0.6) is 0 Å². The van der Waals surface area contributed by atoms with Crippen LogP contribution in [0.25, 0.3) is 0 Å².